The van der Waals surface area contributed by atoms with Crippen molar-refractivity contribution in [2.24, 2.45) is 0 Å². The molecule has 5 nitrogen and oxygen atoms in total. The van der Waals surface area contributed by atoms with Crippen LogP contribution in [0.25, 0.3) is 0 Å². The highest BCUT2D eigenvalue weighted by Gasteiger charge is 2.12. The Morgan fingerprint density at radius 3 is 2.08 bits per heavy atom. The van der Waals surface area contributed by atoms with E-state index in [9.17, 15) is 13.2 Å². The van der Waals surface area contributed by atoms with Crippen molar-refractivity contribution >= 4 is 27.3 Å². The molecule has 0 aliphatic carbocycles. The molecule has 24 heavy (non-hydrogen) atoms. The van der Waals surface area contributed by atoms with Gasteiger partial charge in [-0.2, -0.15) is 0 Å². The third-order valence-corrected chi connectivity index (χ3v) is 4.87. The Hall–Kier alpha value is -2.34. The minimum atomic E-state index is -3.29. The molecule has 0 bridgehead atoms. The van der Waals surface area contributed by atoms with E-state index in [1.165, 1.54) is 11.4 Å². The summed E-state index contributed by atoms with van der Waals surface area (Å²) in [7, 11) is -1.79. The third-order valence-electron chi connectivity index (χ3n) is 3.67. The van der Waals surface area contributed by atoms with Gasteiger partial charge in [-0.3, -0.25) is 9.10 Å². The molecule has 128 valence electrons. The van der Waals surface area contributed by atoms with Crippen molar-refractivity contribution in [2.75, 3.05) is 22.9 Å². The molecule has 0 aromatic heterocycles. The Bertz CT molecular complexity index is 823. The number of carbonyl (C=O) groups is 1. The van der Waals surface area contributed by atoms with E-state index in [1.807, 2.05) is 32.0 Å². The standard InChI is InChI=1S/C18H22N2O3S/c1-13-9-14(2)11-16(10-13)19-18(21)12-15-5-7-17(8-6-15)20(3)24(4,22)23/h5-11H,12H2,1-4H3,(H,19,21). The van der Waals surface area contributed by atoms with Gasteiger partial charge in [-0.25, -0.2) is 8.42 Å². The molecule has 2 aromatic carbocycles. The van der Waals surface area contributed by atoms with Crippen molar-refractivity contribution in [1.29, 1.82) is 0 Å². The molecule has 0 saturated heterocycles. The molecule has 0 heterocycles. The van der Waals surface area contributed by atoms with E-state index in [4.69, 9.17) is 0 Å². The third kappa shape index (κ3) is 4.83. The van der Waals surface area contributed by atoms with E-state index in [1.54, 1.807) is 24.3 Å². The summed E-state index contributed by atoms with van der Waals surface area (Å²) in [4.78, 5) is 12.2. The highest BCUT2D eigenvalue weighted by molar-refractivity contribution is 7.92. The fourth-order valence-electron chi connectivity index (χ4n) is 2.45. The largest absolute Gasteiger partial charge is 0.326 e. The second kappa shape index (κ2) is 7.05. The van der Waals surface area contributed by atoms with Crippen LogP contribution in [0.1, 0.15) is 16.7 Å². The first-order chi connectivity index (χ1) is 11.1. The molecule has 2 aromatic rings. The lowest BCUT2D eigenvalue weighted by atomic mass is 10.1. The van der Waals surface area contributed by atoms with Crippen LogP contribution in [0.2, 0.25) is 0 Å². The number of amides is 1. The number of sulfonamides is 1. The van der Waals surface area contributed by atoms with Gasteiger partial charge in [-0.05, 0) is 54.8 Å². The Kier molecular flexibility index (Phi) is 5.29. The zero-order chi connectivity index (χ0) is 17.9. The lowest BCUT2D eigenvalue weighted by molar-refractivity contribution is -0.115. The number of nitrogens with zero attached hydrogens (tertiary/aromatic N) is 1. The van der Waals surface area contributed by atoms with Crippen LogP contribution in [0.4, 0.5) is 11.4 Å². The summed E-state index contributed by atoms with van der Waals surface area (Å²) in [5, 5.41) is 2.89. The van der Waals surface area contributed by atoms with Crippen molar-refractivity contribution in [3.05, 3.63) is 59.2 Å². The monoisotopic (exact) mass is 346 g/mol. The van der Waals surface area contributed by atoms with Crippen LogP contribution >= 0.6 is 0 Å². The SMILES string of the molecule is Cc1cc(C)cc(NC(=O)Cc2ccc(N(C)S(C)(=O)=O)cc2)c1. The predicted octanol–water partition coefficient (Wildman–Crippen LogP) is 2.88. The van der Waals surface area contributed by atoms with Crippen LogP contribution in [-0.4, -0.2) is 27.6 Å². The van der Waals surface area contributed by atoms with Gasteiger partial charge in [0, 0.05) is 12.7 Å². The van der Waals surface area contributed by atoms with Crippen molar-refractivity contribution < 1.29 is 13.2 Å². The van der Waals surface area contributed by atoms with Crippen molar-refractivity contribution in [2.45, 2.75) is 20.3 Å². The molecule has 6 heteroatoms. The molecule has 0 unspecified atom stereocenters. The molecule has 0 aliphatic rings. The average molecular weight is 346 g/mol. The Morgan fingerprint density at radius 1 is 1.04 bits per heavy atom. The van der Waals surface area contributed by atoms with E-state index < -0.39 is 10.0 Å². The smallest absolute Gasteiger partial charge is 0.231 e. The first-order valence-corrected chi connectivity index (χ1v) is 9.41. The summed E-state index contributed by atoms with van der Waals surface area (Å²) in [6.45, 7) is 3.97. The van der Waals surface area contributed by atoms with E-state index in [2.05, 4.69) is 5.32 Å². The van der Waals surface area contributed by atoms with Gasteiger partial charge in [0.15, 0.2) is 0 Å². The summed E-state index contributed by atoms with van der Waals surface area (Å²) in [6.07, 6.45) is 1.38. The first-order valence-electron chi connectivity index (χ1n) is 7.56. The van der Waals surface area contributed by atoms with Gasteiger partial charge in [0.25, 0.3) is 0 Å². The topological polar surface area (TPSA) is 66.5 Å². The molecule has 0 saturated carbocycles. The zero-order valence-electron chi connectivity index (χ0n) is 14.3. The molecule has 0 spiro atoms. The van der Waals surface area contributed by atoms with Gasteiger partial charge in [-0.1, -0.05) is 18.2 Å². The molecule has 0 aliphatic heterocycles. The van der Waals surface area contributed by atoms with Crippen LogP contribution in [0, 0.1) is 13.8 Å². The van der Waals surface area contributed by atoms with Crippen LogP contribution in [-0.2, 0) is 21.2 Å². The minimum Gasteiger partial charge on any atom is -0.326 e. The fraction of sp³-hybridized carbons (Fsp3) is 0.278. The summed E-state index contributed by atoms with van der Waals surface area (Å²) < 4.78 is 24.2. The highest BCUT2D eigenvalue weighted by Crippen LogP contribution is 2.18. The van der Waals surface area contributed by atoms with E-state index >= 15 is 0 Å². The van der Waals surface area contributed by atoms with Crippen LogP contribution in [0.3, 0.4) is 0 Å². The summed E-state index contributed by atoms with van der Waals surface area (Å²) in [5.74, 6) is -0.107. The van der Waals surface area contributed by atoms with Gasteiger partial charge in [0.05, 0.1) is 18.4 Å². The van der Waals surface area contributed by atoms with Gasteiger partial charge in [-0.15, -0.1) is 0 Å². The maximum atomic E-state index is 12.2. The van der Waals surface area contributed by atoms with E-state index in [0.717, 1.165) is 28.6 Å². The maximum absolute atomic E-state index is 12.2. The van der Waals surface area contributed by atoms with Crippen LogP contribution in [0.15, 0.2) is 42.5 Å². The number of carbonyl (C=O) groups excluding carboxylic acids is 1. The number of anilines is 2. The second-order valence-corrected chi connectivity index (χ2v) is 8.01. The quantitative estimate of drug-likeness (QED) is 0.905. The molecule has 1 N–H and O–H groups in total. The molecular formula is C18H22N2O3S. The van der Waals surface area contributed by atoms with Crippen LogP contribution in [0.5, 0.6) is 0 Å². The predicted molar refractivity (Wildman–Crippen MR) is 97.9 cm³/mol. The number of aryl methyl sites for hydroxylation is 2. The fourth-order valence-corrected chi connectivity index (χ4v) is 2.96. The molecule has 2 rings (SSSR count). The number of nitrogens with one attached hydrogen (secondary N) is 1. The van der Waals surface area contributed by atoms with Crippen LogP contribution < -0.4 is 9.62 Å². The Balaban J connectivity index is 2.04. The molecular weight excluding hydrogens is 324 g/mol. The minimum absolute atomic E-state index is 0.107. The lowest BCUT2D eigenvalue weighted by Crippen LogP contribution is -2.24. The van der Waals surface area contributed by atoms with Gasteiger partial charge in [0.2, 0.25) is 15.9 Å². The van der Waals surface area contributed by atoms with Gasteiger partial charge < -0.3 is 5.32 Å². The van der Waals surface area contributed by atoms with E-state index in [0.29, 0.717) is 5.69 Å². The number of benzene rings is 2. The second-order valence-electron chi connectivity index (χ2n) is 6.00. The highest BCUT2D eigenvalue weighted by atomic mass is 32.2. The van der Waals surface area contributed by atoms with Gasteiger partial charge >= 0.3 is 0 Å². The number of hydrogen-bond donors (Lipinski definition) is 1. The Labute approximate surface area is 143 Å². The Morgan fingerprint density at radius 2 is 1.58 bits per heavy atom. The average Bonchev–Trinajstić information content (AvgIpc) is 2.45. The molecule has 1 amide bonds. The lowest BCUT2D eigenvalue weighted by Gasteiger charge is -2.16. The van der Waals surface area contributed by atoms with Gasteiger partial charge in [0.1, 0.15) is 0 Å². The maximum Gasteiger partial charge on any atom is 0.231 e. The number of hydrogen-bond acceptors (Lipinski definition) is 3. The van der Waals surface area contributed by atoms with Crippen molar-refractivity contribution in [3.63, 3.8) is 0 Å². The van der Waals surface area contributed by atoms with Crippen molar-refractivity contribution in [3.8, 4) is 0 Å². The summed E-state index contributed by atoms with van der Waals surface area (Å²) in [5.41, 5.74) is 4.36. The first kappa shape index (κ1) is 18.0. The molecule has 0 fully saturated rings. The van der Waals surface area contributed by atoms with Crippen molar-refractivity contribution in [1.82, 2.24) is 0 Å². The summed E-state index contributed by atoms with van der Waals surface area (Å²) >= 11 is 0. The zero-order valence-corrected chi connectivity index (χ0v) is 15.1. The summed E-state index contributed by atoms with van der Waals surface area (Å²) in [6, 6.07) is 12.8. The molecule has 0 radical (unpaired) electrons. The normalized spacial score (nSPS) is 11.2. The molecule has 0 atom stereocenters. The van der Waals surface area contributed by atoms with E-state index in [-0.39, 0.29) is 12.3 Å². The number of rotatable bonds is 5.